The average Bonchev–Trinajstić information content (AvgIpc) is 2.04. The van der Waals surface area contributed by atoms with Gasteiger partial charge in [0.05, 0.1) is 7.11 Å². The normalized spacial score (nSPS) is 14.4. The summed E-state index contributed by atoms with van der Waals surface area (Å²) in [6, 6.07) is 0. The summed E-state index contributed by atoms with van der Waals surface area (Å²) in [5.41, 5.74) is 0. The smallest absolute Gasteiger partial charge is 0.323 e. The SMILES string of the molecule is CCC(CC)(P(=O)(O)O)S(=O)(=O)OC. The molecule has 0 radical (unpaired) electrons. The van der Waals surface area contributed by atoms with Crippen molar-refractivity contribution in [3.63, 3.8) is 0 Å². The van der Waals surface area contributed by atoms with E-state index in [1.807, 2.05) is 0 Å². The molecule has 14 heavy (non-hydrogen) atoms. The fraction of sp³-hybridized carbons (Fsp3) is 1.00. The quantitative estimate of drug-likeness (QED) is 0.545. The first-order valence-electron chi connectivity index (χ1n) is 4.04. The maximum atomic E-state index is 11.4. The zero-order chi connectivity index (χ0) is 11.6. The van der Waals surface area contributed by atoms with E-state index in [-0.39, 0.29) is 12.8 Å². The van der Waals surface area contributed by atoms with Gasteiger partial charge in [-0.1, -0.05) is 13.8 Å². The van der Waals surface area contributed by atoms with E-state index in [0.717, 1.165) is 7.11 Å². The Balaban J connectivity index is 5.67. The first kappa shape index (κ1) is 14.1. The Bertz CT molecular complexity index is 324. The Morgan fingerprint density at radius 2 is 1.64 bits per heavy atom. The van der Waals surface area contributed by atoms with Crippen molar-refractivity contribution in [2.45, 2.75) is 31.2 Å². The second kappa shape index (κ2) is 4.28. The summed E-state index contributed by atoms with van der Waals surface area (Å²) in [7, 11) is -8.11. The summed E-state index contributed by atoms with van der Waals surface area (Å²) >= 11 is 0. The van der Waals surface area contributed by atoms with Gasteiger partial charge in [0, 0.05) is 0 Å². The van der Waals surface area contributed by atoms with Crippen molar-refractivity contribution in [1.29, 1.82) is 0 Å². The van der Waals surface area contributed by atoms with Crippen LogP contribution >= 0.6 is 7.60 Å². The molecule has 0 aliphatic rings. The van der Waals surface area contributed by atoms with Crippen LogP contribution in [0.1, 0.15) is 26.7 Å². The average molecular weight is 246 g/mol. The maximum absolute atomic E-state index is 11.4. The Morgan fingerprint density at radius 1 is 1.29 bits per heavy atom. The molecule has 0 saturated carbocycles. The van der Waals surface area contributed by atoms with Crippen molar-refractivity contribution < 1.29 is 27.0 Å². The van der Waals surface area contributed by atoms with Crippen molar-refractivity contribution in [3.8, 4) is 0 Å². The zero-order valence-corrected chi connectivity index (χ0v) is 10.0. The standard InChI is InChI=1S/C6H15O6PS/c1-4-6(5-2,13(7,8)9)14(10,11)12-3/h4-5H2,1-3H3,(H2,7,8,9). The molecule has 6 nitrogen and oxygen atoms in total. The molecule has 0 atom stereocenters. The molecule has 0 saturated heterocycles. The van der Waals surface area contributed by atoms with Crippen LogP contribution in [0.2, 0.25) is 0 Å². The minimum Gasteiger partial charge on any atom is -0.323 e. The van der Waals surface area contributed by atoms with Gasteiger partial charge in [0.1, 0.15) is 0 Å². The van der Waals surface area contributed by atoms with Gasteiger partial charge in [-0.05, 0) is 12.8 Å². The molecule has 0 fully saturated rings. The molecular weight excluding hydrogens is 231 g/mol. The largest absolute Gasteiger partial charge is 0.349 e. The highest BCUT2D eigenvalue weighted by molar-refractivity contribution is 7.95. The maximum Gasteiger partial charge on any atom is 0.349 e. The lowest BCUT2D eigenvalue weighted by Gasteiger charge is -2.29. The summed E-state index contributed by atoms with van der Waals surface area (Å²) in [5.74, 6) is 0. The second-order valence-corrected chi connectivity index (χ2v) is 7.09. The zero-order valence-electron chi connectivity index (χ0n) is 8.30. The van der Waals surface area contributed by atoms with Crippen LogP contribution < -0.4 is 0 Å². The van der Waals surface area contributed by atoms with Crippen LogP contribution in [0.15, 0.2) is 0 Å². The molecular formula is C6H15O6PS. The monoisotopic (exact) mass is 246 g/mol. The third kappa shape index (κ3) is 2.01. The van der Waals surface area contributed by atoms with E-state index in [2.05, 4.69) is 4.18 Å². The van der Waals surface area contributed by atoms with Crippen molar-refractivity contribution in [1.82, 2.24) is 0 Å². The lowest BCUT2D eigenvalue weighted by atomic mass is 10.2. The fourth-order valence-corrected chi connectivity index (χ4v) is 4.55. The van der Waals surface area contributed by atoms with Gasteiger partial charge in [0.25, 0.3) is 10.1 Å². The lowest BCUT2D eigenvalue weighted by Crippen LogP contribution is -2.38. The third-order valence-electron chi connectivity index (χ3n) is 2.32. The molecule has 8 heteroatoms. The molecule has 0 aliphatic carbocycles. The summed E-state index contributed by atoms with van der Waals surface area (Å²) < 4.78 is 36.1. The van der Waals surface area contributed by atoms with Crippen molar-refractivity contribution in [3.05, 3.63) is 0 Å². The van der Waals surface area contributed by atoms with Crippen LogP contribution in [-0.4, -0.2) is 29.8 Å². The molecule has 0 aliphatic heterocycles. The van der Waals surface area contributed by atoms with Gasteiger partial charge in [-0.2, -0.15) is 8.42 Å². The van der Waals surface area contributed by atoms with Crippen LogP contribution in [0.4, 0.5) is 0 Å². The molecule has 0 heterocycles. The first-order chi connectivity index (χ1) is 6.18. The minimum atomic E-state index is -4.76. The van der Waals surface area contributed by atoms with E-state index in [9.17, 15) is 13.0 Å². The van der Waals surface area contributed by atoms with Crippen molar-refractivity contribution in [2.75, 3.05) is 7.11 Å². The second-order valence-electron chi connectivity index (χ2n) is 2.82. The minimum absolute atomic E-state index is 0.191. The Hall–Kier alpha value is 0.0600. The molecule has 0 bridgehead atoms. The Kier molecular flexibility index (Phi) is 4.30. The molecule has 0 unspecified atom stereocenters. The molecule has 2 N–H and O–H groups in total. The molecule has 0 amide bonds. The van der Waals surface area contributed by atoms with Gasteiger partial charge >= 0.3 is 7.60 Å². The van der Waals surface area contributed by atoms with Gasteiger partial charge in [0.15, 0.2) is 4.49 Å². The Labute approximate surface area is 83.6 Å². The van der Waals surface area contributed by atoms with Crippen LogP contribution in [0.5, 0.6) is 0 Å². The summed E-state index contributed by atoms with van der Waals surface area (Å²) in [6.45, 7) is 2.80. The van der Waals surface area contributed by atoms with E-state index >= 15 is 0 Å². The van der Waals surface area contributed by atoms with Gasteiger partial charge in [-0.15, -0.1) is 0 Å². The van der Waals surface area contributed by atoms with Crippen LogP contribution in [0.3, 0.4) is 0 Å². The van der Waals surface area contributed by atoms with Gasteiger partial charge in [0.2, 0.25) is 0 Å². The van der Waals surface area contributed by atoms with Crippen LogP contribution in [-0.2, 0) is 18.9 Å². The predicted molar refractivity (Wildman–Crippen MR) is 51.3 cm³/mol. The van der Waals surface area contributed by atoms with Crippen molar-refractivity contribution >= 4 is 17.7 Å². The number of rotatable bonds is 5. The third-order valence-corrected chi connectivity index (χ3v) is 7.35. The lowest BCUT2D eigenvalue weighted by molar-refractivity contribution is 0.321. The van der Waals surface area contributed by atoms with E-state index in [1.54, 1.807) is 0 Å². The van der Waals surface area contributed by atoms with Crippen LogP contribution in [0, 0.1) is 0 Å². The Morgan fingerprint density at radius 3 is 1.71 bits per heavy atom. The number of hydrogen-bond donors (Lipinski definition) is 2. The van der Waals surface area contributed by atoms with E-state index in [1.165, 1.54) is 13.8 Å². The highest BCUT2D eigenvalue weighted by Crippen LogP contribution is 2.57. The fourth-order valence-electron chi connectivity index (χ4n) is 1.32. The molecule has 0 aromatic carbocycles. The molecule has 0 spiro atoms. The van der Waals surface area contributed by atoms with Gasteiger partial charge in [-0.25, -0.2) is 0 Å². The van der Waals surface area contributed by atoms with Gasteiger partial charge < -0.3 is 9.79 Å². The molecule has 0 aromatic rings. The summed E-state index contributed by atoms with van der Waals surface area (Å²) in [4.78, 5) is 18.1. The van der Waals surface area contributed by atoms with Crippen LogP contribution in [0.25, 0.3) is 0 Å². The molecule has 0 aromatic heterocycles. The van der Waals surface area contributed by atoms with Crippen molar-refractivity contribution in [2.24, 2.45) is 0 Å². The molecule has 0 rings (SSSR count). The predicted octanol–water partition coefficient (Wildman–Crippen LogP) is 0.657. The van der Waals surface area contributed by atoms with E-state index in [4.69, 9.17) is 9.79 Å². The highest BCUT2D eigenvalue weighted by Gasteiger charge is 2.55. The van der Waals surface area contributed by atoms with Gasteiger partial charge in [-0.3, -0.25) is 8.75 Å². The van der Waals surface area contributed by atoms with E-state index in [0.29, 0.717) is 0 Å². The molecule has 86 valence electrons. The number of hydrogen-bond acceptors (Lipinski definition) is 4. The highest BCUT2D eigenvalue weighted by atomic mass is 32.2. The summed E-state index contributed by atoms with van der Waals surface area (Å²) in [6.07, 6.45) is -0.381. The summed E-state index contributed by atoms with van der Waals surface area (Å²) in [5, 5.41) is 0. The topological polar surface area (TPSA) is 101 Å². The van der Waals surface area contributed by atoms with E-state index < -0.39 is 22.2 Å². The first-order valence-corrected chi connectivity index (χ1v) is 7.06.